The van der Waals surface area contributed by atoms with Crippen LogP contribution < -0.4 is 9.47 Å². The molecule has 0 spiro atoms. The lowest BCUT2D eigenvalue weighted by molar-refractivity contribution is 0.281. The maximum atomic E-state index is 9.15. The Hall–Kier alpha value is -2.78. The second kappa shape index (κ2) is 7.66. The van der Waals surface area contributed by atoms with Crippen LogP contribution in [-0.2, 0) is 13.2 Å². The third-order valence-electron chi connectivity index (χ3n) is 3.72. The molecule has 0 aliphatic heterocycles. The molecular weight excluding hydrogens is 300 g/mol. The predicted molar refractivity (Wildman–Crippen MR) is 94.4 cm³/mol. The predicted octanol–water partition coefficient (Wildman–Crippen LogP) is 4.86. The zero-order chi connectivity index (χ0) is 16.8. The Balaban J connectivity index is 1.62. The molecule has 0 radical (unpaired) electrons. The van der Waals surface area contributed by atoms with Gasteiger partial charge >= 0.3 is 0 Å². The Kier molecular flexibility index (Phi) is 5.14. The van der Waals surface area contributed by atoms with E-state index in [0.717, 1.165) is 33.9 Å². The molecule has 0 heterocycles. The first kappa shape index (κ1) is 16.1. The van der Waals surface area contributed by atoms with Crippen LogP contribution >= 0.6 is 0 Å². The van der Waals surface area contributed by atoms with Gasteiger partial charge in [-0.3, -0.25) is 0 Å². The van der Waals surface area contributed by atoms with Crippen LogP contribution in [0.1, 0.15) is 16.7 Å². The average molecular weight is 320 g/mol. The van der Waals surface area contributed by atoms with Gasteiger partial charge in [-0.1, -0.05) is 42.5 Å². The van der Waals surface area contributed by atoms with Gasteiger partial charge in [-0.25, -0.2) is 0 Å². The minimum Gasteiger partial charge on any atom is -0.489 e. The van der Waals surface area contributed by atoms with E-state index in [9.17, 15) is 0 Å². The number of ether oxygens (including phenoxy) is 2. The van der Waals surface area contributed by atoms with Gasteiger partial charge in [0.2, 0.25) is 0 Å². The lowest BCUT2D eigenvalue weighted by atomic mass is 10.1. The minimum absolute atomic E-state index is 0.0363. The highest BCUT2D eigenvalue weighted by Crippen LogP contribution is 2.27. The molecule has 122 valence electrons. The summed E-state index contributed by atoms with van der Waals surface area (Å²) in [5.41, 5.74) is 3.01. The highest BCUT2D eigenvalue weighted by molar-refractivity contribution is 5.40. The molecule has 0 aromatic heterocycles. The first-order valence-corrected chi connectivity index (χ1v) is 7.89. The van der Waals surface area contributed by atoms with Crippen LogP contribution in [0.15, 0.2) is 72.8 Å². The Morgan fingerprint density at radius 3 is 2.17 bits per heavy atom. The molecule has 3 nitrogen and oxygen atoms in total. The number of aliphatic hydroxyl groups is 1. The van der Waals surface area contributed by atoms with Crippen LogP contribution in [0.3, 0.4) is 0 Å². The molecule has 0 aliphatic rings. The standard InChI is InChI=1S/C21H20O3/c1-16-13-18(14-22)7-12-21(16)24-20-10-8-19(9-11-20)23-15-17-5-3-2-4-6-17/h2-13,22H,14-15H2,1H3. The van der Waals surface area contributed by atoms with Crippen molar-refractivity contribution < 1.29 is 14.6 Å². The summed E-state index contributed by atoms with van der Waals surface area (Å²) in [6, 6.07) is 23.3. The molecule has 3 rings (SSSR count). The van der Waals surface area contributed by atoms with Gasteiger partial charge in [0.15, 0.2) is 0 Å². The topological polar surface area (TPSA) is 38.7 Å². The molecule has 3 aromatic carbocycles. The Bertz CT molecular complexity index is 780. The van der Waals surface area contributed by atoms with E-state index in [1.165, 1.54) is 0 Å². The zero-order valence-corrected chi connectivity index (χ0v) is 13.6. The van der Waals surface area contributed by atoms with Crippen LogP contribution in [-0.4, -0.2) is 5.11 Å². The first-order chi connectivity index (χ1) is 11.7. The number of aliphatic hydroxyl groups excluding tert-OH is 1. The van der Waals surface area contributed by atoms with Crippen LogP contribution in [0, 0.1) is 6.92 Å². The normalized spacial score (nSPS) is 10.4. The summed E-state index contributed by atoms with van der Waals surface area (Å²) >= 11 is 0. The smallest absolute Gasteiger partial charge is 0.130 e. The lowest BCUT2D eigenvalue weighted by Gasteiger charge is -2.11. The third kappa shape index (κ3) is 4.15. The fourth-order valence-electron chi connectivity index (χ4n) is 2.40. The number of aryl methyl sites for hydroxylation is 1. The van der Waals surface area contributed by atoms with Gasteiger partial charge < -0.3 is 14.6 Å². The molecule has 1 N–H and O–H groups in total. The summed E-state index contributed by atoms with van der Waals surface area (Å²) < 4.78 is 11.7. The molecule has 3 aromatic rings. The summed E-state index contributed by atoms with van der Waals surface area (Å²) in [5.74, 6) is 2.34. The SMILES string of the molecule is Cc1cc(CO)ccc1Oc1ccc(OCc2ccccc2)cc1. The molecule has 0 fully saturated rings. The van der Waals surface area contributed by atoms with Crippen molar-refractivity contribution in [2.45, 2.75) is 20.1 Å². The van der Waals surface area contributed by atoms with Gasteiger partial charge in [0.25, 0.3) is 0 Å². The van der Waals surface area contributed by atoms with Gasteiger partial charge in [0.1, 0.15) is 23.9 Å². The van der Waals surface area contributed by atoms with Crippen molar-refractivity contribution in [3.8, 4) is 17.2 Å². The van der Waals surface area contributed by atoms with E-state index in [-0.39, 0.29) is 6.61 Å². The van der Waals surface area contributed by atoms with Gasteiger partial charge in [-0.15, -0.1) is 0 Å². The quantitative estimate of drug-likeness (QED) is 0.705. The number of hydrogen-bond donors (Lipinski definition) is 1. The Morgan fingerprint density at radius 1 is 0.792 bits per heavy atom. The molecule has 24 heavy (non-hydrogen) atoms. The van der Waals surface area contributed by atoms with Crippen molar-refractivity contribution in [3.63, 3.8) is 0 Å². The van der Waals surface area contributed by atoms with E-state index in [1.807, 2.05) is 79.7 Å². The summed E-state index contributed by atoms with van der Waals surface area (Å²) in [7, 11) is 0. The van der Waals surface area contributed by atoms with E-state index in [1.54, 1.807) is 0 Å². The first-order valence-electron chi connectivity index (χ1n) is 7.89. The molecule has 0 bridgehead atoms. The van der Waals surface area contributed by atoms with E-state index < -0.39 is 0 Å². The number of hydrogen-bond acceptors (Lipinski definition) is 3. The summed E-state index contributed by atoms with van der Waals surface area (Å²) in [4.78, 5) is 0. The molecule has 0 amide bonds. The molecule has 0 saturated carbocycles. The number of rotatable bonds is 6. The van der Waals surface area contributed by atoms with Crippen molar-refractivity contribution in [3.05, 3.63) is 89.5 Å². The van der Waals surface area contributed by atoms with Crippen LogP contribution in [0.4, 0.5) is 0 Å². The highest BCUT2D eigenvalue weighted by Gasteiger charge is 2.03. The second-order valence-electron chi connectivity index (χ2n) is 5.61. The highest BCUT2D eigenvalue weighted by atomic mass is 16.5. The Labute approximate surface area is 142 Å². The van der Waals surface area contributed by atoms with E-state index >= 15 is 0 Å². The van der Waals surface area contributed by atoms with E-state index in [4.69, 9.17) is 14.6 Å². The summed E-state index contributed by atoms with van der Waals surface area (Å²) in [5, 5.41) is 9.15. The zero-order valence-electron chi connectivity index (χ0n) is 13.6. The minimum atomic E-state index is 0.0363. The van der Waals surface area contributed by atoms with Gasteiger partial charge in [-0.2, -0.15) is 0 Å². The molecule has 0 atom stereocenters. The van der Waals surface area contributed by atoms with Crippen molar-refractivity contribution in [2.24, 2.45) is 0 Å². The average Bonchev–Trinajstić information content (AvgIpc) is 2.63. The Morgan fingerprint density at radius 2 is 1.50 bits per heavy atom. The molecule has 0 unspecified atom stereocenters. The maximum absolute atomic E-state index is 9.15. The van der Waals surface area contributed by atoms with Crippen molar-refractivity contribution in [1.29, 1.82) is 0 Å². The summed E-state index contributed by atoms with van der Waals surface area (Å²) in [6.45, 7) is 2.54. The lowest BCUT2D eigenvalue weighted by Crippen LogP contribution is -1.95. The third-order valence-corrected chi connectivity index (χ3v) is 3.72. The summed E-state index contributed by atoms with van der Waals surface area (Å²) in [6.07, 6.45) is 0. The maximum Gasteiger partial charge on any atom is 0.130 e. The largest absolute Gasteiger partial charge is 0.489 e. The van der Waals surface area contributed by atoms with Gasteiger partial charge in [-0.05, 0) is 53.9 Å². The van der Waals surface area contributed by atoms with Crippen LogP contribution in [0.2, 0.25) is 0 Å². The molecule has 0 saturated heterocycles. The van der Waals surface area contributed by atoms with Crippen molar-refractivity contribution >= 4 is 0 Å². The van der Waals surface area contributed by atoms with E-state index in [2.05, 4.69) is 0 Å². The van der Waals surface area contributed by atoms with Gasteiger partial charge in [0, 0.05) is 0 Å². The molecule has 3 heteroatoms. The van der Waals surface area contributed by atoms with E-state index in [0.29, 0.717) is 6.61 Å². The van der Waals surface area contributed by atoms with Crippen molar-refractivity contribution in [1.82, 2.24) is 0 Å². The van der Waals surface area contributed by atoms with Crippen LogP contribution in [0.25, 0.3) is 0 Å². The van der Waals surface area contributed by atoms with Gasteiger partial charge in [0.05, 0.1) is 6.61 Å². The fraction of sp³-hybridized carbons (Fsp3) is 0.143. The fourth-order valence-corrected chi connectivity index (χ4v) is 2.40. The molecular formula is C21H20O3. The van der Waals surface area contributed by atoms with Crippen molar-refractivity contribution in [2.75, 3.05) is 0 Å². The van der Waals surface area contributed by atoms with Crippen LogP contribution in [0.5, 0.6) is 17.2 Å². The molecule has 0 aliphatic carbocycles. The number of benzene rings is 3. The second-order valence-corrected chi connectivity index (χ2v) is 5.61. The monoisotopic (exact) mass is 320 g/mol.